The van der Waals surface area contributed by atoms with E-state index in [-0.39, 0.29) is 5.82 Å². The zero-order valence-electron chi connectivity index (χ0n) is 11.0. The van der Waals surface area contributed by atoms with Gasteiger partial charge in [-0.05, 0) is 37.1 Å². The van der Waals surface area contributed by atoms with Crippen molar-refractivity contribution in [2.45, 2.75) is 33.1 Å². The van der Waals surface area contributed by atoms with Gasteiger partial charge in [0.15, 0.2) is 0 Å². The minimum atomic E-state index is -0.239. The highest BCUT2D eigenvalue weighted by Gasteiger charge is 1.94. The first kappa shape index (κ1) is 15.9. The van der Waals surface area contributed by atoms with Crippen LogP contribution in [0.1, 0.15) is 33.1 Å². The van der Waals surface area contributed by atoms with E-state index < -0.39 is 0 Å². The lowest BCUT2D eigenvalue weighted by atomic mass is 10.3. The minimum Gasteiger partial charge on any atom is -0.494 e. The van der Waals surface area contributed by atoms with Crippen LogP contribution in [-0.2, 0) is 4.74 Å². The Hall–Kier alpha value is -1.09. The molecule has 0 aliphatic rings. The van der Waals surface area contributed by atoms with Crippen LogP contribution in [0.15, 0.2) is 24.3 Å². The molecule has 0 saturated carbocycles. The molecule has 0 aliphatic heterocycles. The van der Waals surface area contributed by atoms with Gasteiger partial charge in [0.1, 0.15) is 11.6 Å². The molecular formula is C14H23FO2. The van der Waals surface area contributed by atoms with Gasteiger partial charge < -0.3 is 9.47 Å². The first-order valence-electron chi connectivity index (χ1n) is 6.11. The Kier molecular flexibility index (Phi) is 10.7. The van der Waals surface area contributed by atoms with Crippen molar-refractivity contribution in [3.63, 3.8) is 0 Å². The third-order valence-corrected chi connectivity index (χ3v) is 1.83. The standard InChI is InChI=1S/C11H15FO2.C3H8/c1-13-8-2-3-9-14-11-6-4-10(12)5-7-11;1-3-2/h4-7H,2-3,8-9H2,1H3;3H2,1-2H3. The number of hydrogen-bond acceptors (Lipinski definition) is 2. The maximum absolute atomic E-state index is 12.5. The van der Waals surface area contributed by atoms with E-state index >= 15 is 0 Å². The van der Waals surface area contributed by atoms with E-state index in [1.54, 1.807) is 19.2 Å². The first-order valence-corrected chi connectivity index (χ1v) is 6.11. The highest BCUT2D eigenvalue weighted by molar-refractivity contribution is 5.21. The summed E-state index contributed by atoms with van der Waals surface area (Å²) < 4.78 is 22.8. The van der Waals surface area contributed by atoms with Crippen molar-refractivity contribution in [3.8, 4) is 5.75 Å². The second-order valence-corrected chi connectivity index (χ2v) is 3.71. The van der Waals surface area contributed by atoms with Crippen LogP contribution in [-0.4, -0.2) is 20.3 Å². The van der Waals surface area contributed by atoms with Crippen molar-refractivity contribution in [1.82, 2.24) is 0 Å². The summed E-state index contributed by atoms with van der Waals surface area (Å²) in [4.78, 5) is 0. The van der Waals surface area contributed by atoms with Crippen molar-refractivity contribution in [2.24, 2.45) is 0 Å². The first-order chi connectivity index (χ1) is 8.24. The molecule has 1 aromatic carbocycles. The van der Waals surface area contributed by atoms with Gasteiger partial charge in [-0.1, -0.05) is 20.3 Å². The van der Waals surface area contributed by atoms with Crippen LogP contribution in [0.2, 0.25) is 0 Å². The number of benzene rings is 1. The average molecular weight is 242 g/mol. The molecule has 0 N–H and O–H groups in total. The van der Waals surface area contributed by atoms with Crippen molar-refractivity contribution >= 4 is 0 Å². The van der Waals surface area contributed by atoms with Crippen LogP contribution in [0.5, 0.6) is 5.75 Å². The highest BCUT2D eigenvalue weighted by atomic mass is 19.1. The van der Waals surface area contributed by atoms with E-state index in [2.05, 4.69) is 13.8 Å². The maximum atomic E-state index is 12.5. The SMILES string of the molecule is CCC.COCCCCOc1ccc(F)cc1. The Morgan fingerprint density at radius 2 is 1.53 bits per heavy atom. The molecular weight excluding hydrogens is 219 g/mol. The van der Waals surface area contributed by atoms with Gasteiger partial charge in [-0.25, -0.2) is 4.39 Å². The third-order valence-electron chi connectivity index (χ3n) is 1.83. The Labute approximate surface area is 104 Å². The van der Waals surface area contributed by atoms with Crippen molar-refractivity contribution < 1.29 is 13.9 Å². The molecule has 98 valence electrons. The number of hydrogen-bond donors (Lipinski definition) is 0. The van der Waals surface area contributed by atoms with E-state index in [0.29, 0.717) is 12.4 Å². The normalized spacial score (nSPS) is 9.41. The van der Waals surface area contributed by atoms with E-state index in [4.69, 9.17) is 9.47 Å². The molecule has 17 heavy (non-hydrogen) atoms. The Bertz CT molecular complexity index is 259. The summed E-state index contributed by atoms with van der Waals surface area (Å²) in [7, 11) is 1.68. The molecule has 0 heterocycles. The summed E-state index contributed by atoms with van der Waals surface area (Å²) >= 11 is 0. The van der Waals surface area contributed by atoms with Crippen LogP contribution < -0.4 is 4.74 Å². The number of rotatable bonds is 6. The third kappa shape index (κ3) is 9.82. The van der Waals surface area contributed by atoms with Gasteiger partial charge in [0.05, 0.1) is 6.61 Å². The molecule has 0 saturated heterocycles. The zero-order valence-corrected chi connectivity index (χ0v) is 11.0. The topological polar surface area (TPSA) is 18.5 Å². The molecule has 1 rings (SSSR count). The summed E-state index contributed by atoms with van der Waals surface area (Å²) in [5.41, 5.74) is 0. The Morgan fingerprint density at radius 3 is 2.06 bits per heavy atom. The second kappa shape index (κ2) is 11.4. The lowest BCUT2D eigenvalue weighted by Gasteiger charge is -2.05. The van der Waals surface area contributed by atoms with Gasteiger partial charge in [0.2, 0.25) is 0 Å². The summed E-state index contributed by atoms with van der Waals surface area (Å²) in [6.45, 7) is 5.65. The lowest BCUT2D eigenvalue weighted by Crippen LogP contribution is -1.99. The van der Waals surface area contributed by atoms with Gasteiger partial charge in [0, 0.05) is 13.7 Å². The number of ether oxygens (including phenoxy) is 2. The lowest BCUT2D eigenvalue weighted by molar-refractivity contribution is 0.184. The fourth-order valence-corrected chi connectivity index (χ4v) is 1.07. The number of halogens is 1. The summed E-state index contributed by atoms with van der Waals surface area (Å²) in [5, 5.41) is 0. The van der Waals surface area contributed by atoms with Crippen molar-refractivity contribution in [3.05, 3.63) is 30.1 Å². The van der Waals surface area contributed by atoms with Crippen LogP contribution >= 0.6 is 0 Å². The van der Waals surface area contributed by atoms with Crippen molar-refractivity contribution in [1.29, 1.82) is 0 Å². The molecule has 0 atom stereocenters. The summed E-state index contributed by atoms with van der Waals surface area (Å²) in [6, 6.07) is 6.05. The fraction of sp³-hybridized carbons (Fsp3) is 0.571. The van der Waals surface area contributed by atoms with E-state index in [0.717, 1.165) is 19.4 Å². The predicted octanol–water partition coefficient (Wildman–Crippen LogP) is 4.05. The molecule has 2 nitrogen and oxygen atoms in total. The van der Waals surface area contributed by atoms with Crippen LogP contribution in [0, 0.1) is 5.82 Å². The molecule has 3 heteroatoms. The monoisotopic (exact) mass is 242 g/mol. The molecule has 0 radical (unpaired) electrons. The molecule has 0 unspecified atom stereocenters. The number of unbranched alkanes of at least 4 members (excludes halogenated alkanes) is 1. The minimum absolute atomic E-state index is 0.239. The van der Waals surface area contributed by atoms with Crippen LogP contribution in [0.4, 0.5) is 4.39 Å². The fourth-order valence-electron chi connectivity index (χ4n) is 1.07. The molecule has 0 aliphatic carbocycles. The second-order valence-electron chi connectivity index (χ2n) is 3.71. The molecule has 0 fully saturated rings. The average Bonchev–Trinajstić information content (AvgIpc) is 2.32. The molecule has 1 aromatic rings. The van der Waals surface area contributed by atoms with E-state index in [1.807, 2.05) is 0 Å². The van der Waals surface area contributed by atoms with E-state index in [9.17, 15) is 4.39 Å². The molecule has 0 amide bonds. The van der Waals surface area contributed by atoms with Gasteiger partial charge >= 0.3 is 0 Å². The predicted molar refractivity (Wildman–Crippen MR) is 69.0 cm³/mol. The number of methoxy groups -OCH3 is 1. The molecule has 0 bridgehead atoms. The quantitative estimate of drug-likeness (QED) is 0.701. The largest absolute Gasteiger partial charge is 0.494 e. The highest BCUT2D eigenvalue weighted by Crippen LogP contribution is 2.11. The molecule has 0 spiro atoms. The van der Waals surface area contributed by atoms with Gasteiger partial charge in [-0.15, -0.1) is 0 Å². The van der Waals surface area contributed by atoms with Crippen LogP contribution in [0.25, 0.3) is 0 Å². The van der Waals surface area contributed by atoms with Gasteiger partial charge in [-0.3, -0.25) is 0 Å². The molecule has 0 aromatic heterocycles. The Morgan fingerprint density at radius 1 is 1.00 bits per heavy atom. The smallest absolute Gasteiger partial charge is 0.123 e. The van der Waals surface area contributed by atoms with Crippen molar-refractivity contribution in [2.75, 3.05) is 20.3 Å². The van der Waals surface area contributed by atoms with Crippen LogP contribution in [0.3, 0.4) is 0 Å². The summed E-state index contributed by atoms with van der Waals surface area (Å²) in [6.07, 6.45) is 3.18. The van der Waals surface area contributed by atoms with Gasteiger partial charge in [-0.2, -0.15) is 0 Å². The Balaban J connectivity index is 0.000000770. The zero-order chi connectivity index (χ0) is 12.9. The van der Waals surface area contributed by atoms with Gasteiger partial charge in [0.25, 0.3) is 0 Å². The summed E-state index contributed by atoms with van der Waals surface area (Å²) in [5.74, 6) is 0.473. The maximum Gasteiger partial charge on any atom is 0.123 e. The van der Waals surface area contributed by atoms with E-state index in [1.165, 1.54) is 18.6 Å².